The lowest BCUT2D eigenvalue weighted by Crippen LogP contribution is -2.45. The highest BCUT2D eigenvalue weighted by molar-refractivity contribution is 5.27. The predicted molar refractivity (Wildman–Crippen MR) is 101 cm³/mol. The van der Waals surface area contributed by atoms with E-state index in [4.69, 9.17) is 0 Å². The molecular formula is C22H30F6O. The van der Waals surface area contributed by atoms with Gasteiger partial charge in [-0.3, -0.25) is 0 Å². The maximum absolute atomic E-state index is 13.3. The van der Waals surface area contributed by atoms with E-state index >= 15 is 0 Å². The van der Waals surface area contributed by atoms with E-state index in [2.05, 4.69) is 11.7 Å². The molecule has 29 heavy (non-hydrogen) atoms. The van der Waals surface area contributed by atoms with E-state index in [0.29, 0.717) is 5.92 Å². The summed E-state index contributed by atoms with van der Waals surface area (Å²) in [5.41, 5.74) is 0.901. The molecule has 0 N–H and O–H groups in total. The van der Waals surface area contributed by atoms with E-state index in [1.54, 1.807) is 12.1 Å². The molecule has 166 valence electrons. The molecule has 1 aromatic rings. The topological polar surface area (TPSA) is 9.23 Å². The van der Waals surface area contributed by atoms with Gasteiger partial charge in [0, 0.05) is 0 Å². The van der Waals surface area contributed by atoms with E-state index in [-0.39, 0.29) is 0 Å². The van der Waals surface area contributed by atoms with Gasteiger partial charge in [-0.25, -0.2) is 4.39 Å². The van der Waals surface area contributed by atoms with Crippen molar-refractivity contribution in [2.45, 2.75) is 89.6 Å². The second kappa shape index (κ2) is 10.6. The summed E-state index contributed by atoms with van der Waals surface area (Å²) in [6, 6.07) is 5.42. The van der Waals surface area contributed by atoms with Gasteiger partial charge in [0.2, 0.25) is 0 Å². The molecule has 0 heterocycles. The minimum absolute atomic E-state index is 0.488. The molecule has 7 heteroatoms. The Morgan fingerprint density at radius 2 is 1.45 bits per heavy atom. The number of rotatable bonds is 10. The number of hydrogen-bond acceptors (Lipinski definition) is 1. The summed E-state index contributed by atoms with van der Waals surface area (Å²) in [6.45, 7) is 2.21. The zero-order valence-corrected chi connectivity index (χ0v) is 16.8. The summed E-state index contributed by atoms with van der Waals surface area (Å²) < 4.78 is 79.9. The number of unbranched alkanes of at least 4 members (excludes halogenated alkanes) is 2. The van der Waals surface area contributed by atoms with E-state index < -0.39 is 24.2 Å². The Bertz CT molecular complexity index is 590. The second-order valence-corrected chi connectivity index (χ2v) is 8.13. The molecule has 2 rings (SSSR count). The zero-order valence-electron chi connectivity index (χ0n) is 16.8. The molecule has 0 radical (unpaired) electrons. The highest BCUT2D eigenvalue weighted by atomic mass is 19.4. The smallest absolute Gasteiger partial charge is 0.430 e. The van der Waals surface area contributed by atoms with Crippen LogP contribution in [0.1, 0.15) is 70.3 Å². The van der Waals surface area contributed by atoms with Crippen LogP contribution in [0, 0.1) is 11.8 Å². The van der Waals surface area contributed by atoms with Crippen molar-refractivity contribution < 1.29 is 31.1 Å². The fraction of sp³-hybridized carbons (Fsp3) is 0.727. The molecule has 0 amide bonds. The van der Waals surface area contributed by atoms with Crippen molar-refractivity contribution in [3.05, 3.63) is 29.8 Å². The molecule has 1 fully saturated rings. The minimum atomic E-state index is -5.68. The molecule has 0 aliphatic heterocycles. The molecule has 0 aromatic heterocycles. The van der Waals surface area contributed by atoms with E-state index in [0.717, 1.165) is 36.5 Å². The fourth-order valence-electron chi connectivity index (χ4n) is 3.99. The highest BCUT2D eigenvalue weighted by Gasteiger charge is 2.59. The molecule has 1 aliphatic rings. The number of aryl methyl sites for hydroxylation is 1. The first-order valence-electron chi connectivity index (χ1n) is 10.5. The Morgan fingerprint density at radius 3 is 1.97 bits per heavy atom. The molecule has 1 unspecified atom stereocenters. The lowest BCUT2D eigenvalue weighted by Gasteiger charge is -2.28. The number of alkyl halides is 6. The highest BCUT2D eigenvalue weighted by Crippen LogP contribution is 2.37. The lowest BCUT2D eigenvalue weighted by atomic mass is 9.78. The summed E-state index contributed by atoms with van der Waals surface area (Å²) in [5, 5.41) is 0. The van der Waals surface area contributed by atoms with Crippen LogP contribution in [0.2, 0.25) is 0 Å². The van der Waals surface area contributed by atoms with Crippen LogP contribution in [0.25, 0.3) is 0 Å². The van der Waals surface area contributed by atoms with Crippen LogP contribution in [0.3, 0.4) is 0 Å². The maximum Gasteiger partial charge on any atom is 0.439 e. The largest absolute Gasteiger partial charge is 0.439 e. The average molecular weight is 424 g/mol. The molecule has 1 atom stereocenters. The van der Waals surface area contributed by atoms with Crippen LogP contribution in [0.4, 0.5) is 26.3 Å². The van der Waals surface area contributed by atoms with Gasteiger partial charge in [0.1, 0.15) is 5.75 Å². The standard InChI is InChI=1S/C22H30F6O/c1-2-3-4-5-16-6-8-17(9-7-16)10-11-18-12-14-19(15-13-18)29-22(27,28)20(23)21(24,25)26/h12-17,20H,2-11H2,1H3. The van der Waals surface area contributed by atoms with Crippen molar-refractivity contribution in [2.24, 2.45) is 11.8 Å². The first-order chi connectivity index (χ1) is 13.6. The van der Waals surface area contributed by atoms with E-state index in [9.17, 15) is 26.3 Å². The molecule has 1 aliphatic carbocycles. The Hall–Kier alpha value is -1.40. The van der Waals surface area contributed by atoms with Crippen molar-refractivity contribution in [1.29, 1.82) is 0 Å². The lowest BCUT2D eigenvalue weighted by molar-refractivity contribution is -0.304. The van der Waals surface area contributed by atoms with Gasteiger partial charge in [-0.2, -0.15) is 22.0 Å². The van der Waals surface area contributed by atoms with Crippen LogP contribution in [-0.4, -0.2) is 18.5 Å². The third-order valence-electron chi connectivity index (χ3n) is 5.78. The van der Waals surface area contributed by atoms with Crippen molar-refractivity contribution in [2.75, 3.05) is 0 Å². The predicted octanol–water partition coefficient (Wildman–Crippen LogP) is 7.88. The van der Waals surface area contributed by atoms with Gasteiger partial charge in [-0.05, 0) is 42.4 Å². The van der Waals surface area contributed by atoms with Crippen LogP contribution in [-0.2, 0) is 6.42 Å². The van der Waals surface area contributed by atoms with Gasteiger partial charge in [-0.15, -0.1) is 0 Å². The van der Waals surface area contributed by atoms with Crippen LogP contribution in [0.15, 0.2) is 24.3 Å². The molecule has 0 saturated heterocycles. The molecular weight excluding hydrogens is 394 g/mol. The van der Waals surface area contributed by atoms with Crippen molar-refractivity contribution >= 4 is 0 Å². The molecule has 1 aromatic carbocycles. The van der Waals surface area contributed by atoms with Crippen molar-refractivity contribution in [3.63, 3.8) is 0 Å². The first kappa shape index (κ1) is 23.9. The van der Waals surface area contributed by atoms with Gasteiger partial charge in [-0.1, -0.05) is 70.4 Å². The minimum Gasteiger partial charge on any atom is -0.430 e. The number of halogens is 6. The SMILES string of the molecule is CCCCCC1CCC(CCc2ccc(OC(F)(F)C(F)C(F)(F)F)cc2)CC1. The average Bonchev–Trinajstić information content (AvgIpc) is 2.67. The number of benzene rings is 1. The maximum atomic E-state index is 13.3. The van der Waals surface area contributed by atoms with Gasteiger partial charge in [0.05, 0.1) is 0 Å². The fourth-order valence-corrected chi connectivity index (χ4v) is 3.99. The summed E-state index contributed by atoms with van der Waals surface area (Å²) in [6.07, 6.45) is -3.12. The van der Waals surface area contributed by atoms with Gasteiger partial charge >= 0.3 is 12.3 Å². The summed E-state index contributed by atoms with van der Waals surface area (Å²) in [5.74, 6) is 1.00. The molecule has 0 bridgehead atoms. The Kier molecular flexibility index (Phi) is 8.71. The monoisotopic (exact) mass is 424 g/mol. The third-order valence-corrected chi connectivity index (χ3v) is 5.78. The van der Waals surface area contributed by atoms with Crippen LogP contribution < -0.4 is 4.74 Å². The van der Waals surface area contributed by atoms with Gasteiger partial charge in [0.15, 0.2) is 0 Å². The third kappa shape index (κ3) is 7.74. The Balaban J connectivity index is 1.76. The van der Waals surface area contributed by atoms with Crippen molar-refractivity contribution in [3.8, 4) is 5.75 Å². The van der Waals surface area contributed by atoms with Gasteiger partial charge < -0.3 is 4.74 Å². The molecule has 1 nitrogen and oxygen atoms in total. The molecule has 1 saturated carbocycles. The Morgan fingerprint density at radius 1 is 0.897 bits per heavy atom. The quantitative estimate of drug-likeness (QED) is 0.274. The van der Waals surface area contributed by atoms with Crippen LogP contribution >= 0.6 is 0 Å². The zero-order chi connectivity index (χ0) is 21.5. The van der Waals surface area contributed by atoms with Crippen LogP contribution in [0.5, 0.6) is 5.75 Å². The second-order valence-electron chi connectivity index (χ2n) is 8.13. The van der Waals surface area contributed by atoms with E-state index in [1.807, 2.05) is 0 Å². The summed E-state index contributed by atoms with van der Waals surface area (Å²) in [7, 11) is 0. The summed E-state index contributed by atoms with van der Waals surface area (Å²) in [4.78, 5) is 0. The van der Waals surface area contributed by atoms with Crippen molar-refractivity contribution in [1.82, 2.24) is 0 Å². The number of ether oxygens (including phenoxy) is 1. The summed E-state index contributed by atoms with van der Waals surface area (Å²) >= 11 is 0. The van der Waals surface area contributed by atoms with E-state index in [1.165, 1.54) is 51.4 Å². The van der Waals surface area contributed by atoms with Gasteiger partial charge in [0.25, 0.3) is 6.17 Å². The first-order valence-corrected chi connectivity index (χ1v) is 10.5. The Labute approximate surface area is 168 Å². The normalized spacial score (nSPS) is 21.8. The number of hydrogen-bond donors (Lipinski definition) is 0. The molecule has 0 spiro atoms.